The van der Waals surface area contributed by atoms with Crippen LogP contribution >= 0.6 is 0 Å². The molecule has 0 saturated carbocycles. The van der Waals surface area contributed by atoms with E-state index < -0.39 is 0 Å². The standard InChI is InChI=1S/C16H17N3O/c1-11-16-14(17)7-4-8-15(16)19(18-11)10-12-5-3-6-13(9-12)20-2/h3-9H,10,17H2,1-2H3. The third-order valence-electron chi connectivity index (χ3n) is 3.45. The maximum absolute atomic E-state index is 6.04. The second-order valence-electron chi connectivity index (χ2n) is 4.84. The van der Waals surface area contributed by atoms with Gasteiger partial charge in [-0.25, -0.2) is 0 Å². The van der Waals surface area contributed by atoms with Crippen LogP contribution in [-0.4, -0.2) is 16.9 Å². The number of nitrogens with zero attached hydrogens (tertiary/aromatic N) is 2. The van der Waals surface area contributed by atoms with Gasteiger partial charge in [-0.05, 0) is 36.8 Å². The van der Waals surface area contributed by atoms with E-state index in [1.165, 1.54) is 0 Å². The van der Waals surface area contributed by atoms with Gasteiger partial charge in [0.1, 0.15) is 5.75 Å². The average molecular weight is 267 g/mol. The van der Waals surface area contributed by atoms with Gasteiger partial charge >= 0.3 is 0 Å². The summed E-state index contributed by atoms with van der Waals surface area (Å²) >= 11 is 0. The summed E-state index contributed by atoms with van der Waals surface area (Å²) < 4.78 is 7.24. The fourth-order valence-corrected chi connectivity index (χ4v) is 2.52. The average Bonchev–Trinajstić information content (AvgIpc) is 2.77. The second-order valence-corrected chi connectivity index (χ2v) is 4.84. The molecule has 20 heavy (non-hydrogen) atoms. The normalized spacial score (nSPS) is 10.9. The Morgan fingerprint density at radius 2 is 2.00 bits per heavy atom. The van der Waals surface area contributed by atoms with Gasteiger partial charge in [-0.2, -0.15) is 5.10 Å². The topological polar surface area (TPSA) is 53.1 Å². The first-order valence-corrected chi connectivity index (χ1v) is 6.53. The van der Waals surface area contributed by atoms with E-state index in [0.29, 0.717) is 6.54 Å². The number of nitrogen functional groups attached to an aromatic ring is 1. The summed E-state index contributed by atoms with van der Waals surface area (Å²) in [6.07, 6.45) is 0. The minimum Gasteiger partial charge on any atom is -0.497 e. The molecule has 0 aliphatic rings. The molecule has 2 aromatic carbocycles. The summed E-state index contributed by atoms with van der Waals surface area (Å²) in [6.45, 7) is 2.69. The predicted octanol–water partition coefficient (Wildman–Crippen LogP) is 2.98. The molecule has 0 atom stereocenters. The lowest BCUT2D eigenvalue weighted by Gasteiger charge is -2.06. The number of methoxy groups -OCH3 is 1. The lowest BCUT2D eigenvalue weighted by Crippen LogP contribution is -2.02. The molecule has 0 aliphatic heterocycles. The summed E-state index contributed by atoms with van der Waals surface area (Å²) in [7, 11) is 1.67. The first kappa shape index (κ1) is 12.5. The van der Waals surface area contributed by atoms with Crippen LogP contribution in [0.2, 0.25) is 0 Å². The minimum atomic E-state index is 0.699. The molecule has 2 N–H and O–H groups in total. The molecule has 0 saturated heterocycles. The van der Waals surface area contributed by atoms with Gasteiger partial charge in [-0.3, -0.25) is 4.68 Å². The number of rotatable bonds is 3. The van der Waals surface area contributed by atoms with E-state index in [0.717, 1.165) is 33.6 Å². The van der Waals surface area contributed by atoms with Crippen molar-refractivity contribution >= 4 is 16.6 Å². The highest BCUT2D eigenvalue weighted by Gasteiger charge is 2.10. The van der Waals surface area contributed by atoms with Crippen LogP contribution in [0, 0.1) is 6.92 Å². The highest BCUT2D eigenvalue weighted by molar-refractivity contribution is 5.92. The fourth-order valence-electron chi connectivity index (χ4n) is 2.52. The molecule has 4 nitrogen and oxygen atoms in total. The van der Waals surface area contributed by atoms with Gasteiger partial charge < -0.3 is 10.5 Å². The van der Waals surface area contributed by atoms with Gasteiger partial charge in [0.25, 0.3) is 0 Å². The first-order chi connectivity index (χ1) is 9.69. The quantitative estimate of drug-likeness (QED) is 0.742. The molecule has 0 bridgehead atoms. The molecular formula is C16H17N3O. The van der Waals surface area contributed by atoms with Crippen molar-refractivity contribution in [3.63, 3.8) is 0 Å². The Morgan fingerprint density at radius 3 is 2.80 bits per heavy atom. The molecule has 0 amide bonds. The van der Waals surface area contributed by atoms with Gasteiger partial charge in [0, 0.05) is 11.1 Å². The molecule has 4 heteroatoms. The van der Waals surface area contributed by atoms with Gasteiger partial charge in [-0.1, -0.05) is 18.2 Å². The summed E-state index contributed by atoms with van der Waals surface area (Å²) in [5.74, 6) is 0.857. The Kier molecular flexibility index (Phi) is 3.06. The van der Waals surface area contributed by atoms with E-state index in [1.807, 2.05) is 48.0 Å². The molecule has 0 spiro atoms. The van der Waals surface area contributed by atoms with Crippen molar-refractivity contribution in [1.82, 2.24) is 9.78 Å². The number of aryl methyl sites for hydroxylation is 1. The number of hydrogen-bond donors (Lipinski definition) is 1. The van der Waals surface area contributed by atoms with E-state index >= 15 is 0 Å². The van der Waals surface area contributed by atoms with Crippen LogP contribution in [0.1, 0.15) is 11.3 Å². The SMILES string of the molecule is COc1cccc(Cn2nc(C)c3c(N)cccc32)c1. The number of aromatic nitrogens is 2. The summed E-state index contributed by atoms with van der Waals surface area (Å²) in [5.41, 5.74) is 9.98. The molecular weight excluding hydrogens is 250 g/mol. The number of nitrogens with two attached hydrogens (primary N) is 1. The van der Waals surface area contributed by atoms with E-state index in [4.69, 9.17) is 10.5 Å². The fraction of sp³-hybridized carbons (Fsp3) is 0.188. The van der Waals surface area contributed by atoms with E-state index in [-0.39, 0.29) is 0 Å². The molecule has 1 aromatic heterocycles. The maximum Gasteiger partial charge on any atom is 0.119 e. The summed E-state index contributed by atoms with van der Waals surface area (Å²) in [6, 6.07) is 13.9. The highest BCUT2D eigenvalue weighted by Crippen LogP contribution is 2.25. The van der Waals surface area contributed by atoms with Gasteiger partial charge in [0.2, 0.25) is 0 Å². The molecule has 0 aliphatic carbocycles. The van der Waals surface area contributed by atoms with Crippen molar-refractivity contribution in [2.45, 2.75) is 13.5 Å². The number of hydrogen-bond acceptors (Lipinski definition) is 3. The van der Waals surface area contributed by atoms with Crippen molar-refractivity contribution < 1.29 is 4.74 Å². The van der Waals surface area contributed by atoms with Crippen LogP contribution in [0.15, 0.2) is 42.5 Å². The van der Waals surface area contributed by atoms with Gasteiger partial charge in [-0.15, -0.1) is 0 Å². The van der Waals surface area contributed by atoms with Crippen molar-refractivity contribution in [2.75, 3.05) is 12.8 Å². The van der Waals surface area contributed by atoms with E-state index in [1.54, 1.807) is 7.11 Å². The Morgan fingerprint density at radius 1 is 1.20 bits per heavy atom. The second kappa shape index (κ2) is 4.89. The molecule has 3 rings (SSSR count). The Bertz CT molecular complexity index is 762. The van der Waals surface area contributed by atoms with Crippen LogP contribution in [-0.2, 0) is 6.54 Å². The summed E-state index contributed by atoms with van der Waals surface area (Å²) in [5, 5.41) is 5.63. The zero-order chi connectivity index (χ0) is 14.1. The maximum atomic E-state index is 6.04. The molecule has 0 radical (unpaired) electrons. The lowest BCUT2D eigenvalue weighted by atomic mass is 10.1. The molecule has 3 aromatic rings. The van der Waals surface area contributed by atoms with Crippen LogP contribution in [0.25, 0.3) is 10.9 Å². The zero-order valence-electron chi connectivity index (χ0n) is 11.6. The van der Waals surface area contributed by atoms with E-state index in [2.05, 4.69) is 11.2 Å². The largest absolute Gasteiger partial charge is 0.497 e. The number of ether oxygens (including phenoxy) is 1. The van der Waals surface area contributed by atoms with Crippen LogP contribution in [0.4, 0.5) is 5.69 Å². The monoisotopic (exact) mass is 267 g/mol. The molecule has 0 unspecified atom stereocenters. The third kappa shape index (κ3) is 2.09. The van der Waals surface area contributed by atoms with Crippen LogP contribution in [0.5, 0.6) is 5.75 Å². The molecule has 0 fully saturated rings. The van der Waals surface area contributed by atoms with Crippen molar-refractivity contribution in [1.29, 1.82) is 0 Å². The van der Waals surface area contributed by atoms with Gasteiger partial charge in [0.05, 0.1) is 24.9 Å². The molecule has 102 valence electrons. The van der Waals surface area contributed by atoms with Crippen molar-refractivity contribution in [2.24, 2.45) is 0 Å². The Balaban J connectivity index is 2.05. The van der Waals surface area contributed by atoms with Crippen molar-refractivity contribution in [3.05, 3.63) is 53.7 Å². The predicted molar refractivity (Wildman–Crippen MR) is 81.0 cm³/mol. The van der Waals surface area contributed by atoms with Crippen LogP contribution < -0.4 is 10.5 Å². The number of benzene rings is 2. The third-order valence-corrected chi connectivity index (χ3v) is 3.45. The lowest BCUT2D eigenvalue weighted by molar-refractivity contribution is 0.414. The van der Waals surface area contributed by atoms with E-state index in [9.17, 15) is 0 Å². The number of anilines is 1. The van der Waals surface area contributed by atoms with Gasteiger partial charge in [0.15, 0.2) is 0 Å². The first-order valence-electron chi connectivity index (χ1n) is 6.53. The minimum absolute atomic E-state index is 0.699. The van der Waals surface area contributed by atoms with Crippen molar-refractivity contribution in [3.8, 4) is 5.75 Å². The Hall–Kier alpha value is -2.49. The smallest absolute Gasteiger partial charge is 0.119 e. The summed E-state index contributed by atoms with van der Waals surface area (Å²) in [4.78, 5) is 0. The highest BCUT2D eigenvalue weighted by atomic mass is 16.5. The number of fused-ring (bicyclic) bond motifs is 1. The zero-order valence-corrected chi connectivity index (χ0v) is 11.6. The van der Waals surface area contributed by atoms with Crippen LogP contribution in [0.3, 0.4) is 0 Å². The molecule has 1 heterocycles. The Labute approximate surface area is 117 Å².